The molecule has 2 aromatic carbocycles. The number of sulfonamides is 1. The predicted octanol–water partition coefficient (Wildman–Crippen LogP) is 3.93. The van der Waals surface area contributed by atoms with E-state index in [1.165, 1.54) is 12.3 Å². The molecule has 0 amide bonds. The van der Waals surface area contributed by atoms with E-state index in [0.29, 0.717) is 22.9 Å². The number of benzene rings is 2. The summed E-state index contributed by atoms with van der Waals surface area (Å²) in [7, 11) is -0.588. The Kier molecular flexibility index (Phi) is 7.16. The first-order valence-corrected chi connectivity index (χ1v) is 11.1. The highest BCUT2D eigenvalue weighted by molar-refractivity contribution is 7.89. The van der Waals surface area contributed by atoms with Crippen molar-refractivity contribution < 1.29 is 17.9 Å². The summed E-state index contributed by atoms with van der Waals surface area (Å²) in [5.74, 6) is 1.65. The summed E-state index contributed by atoms with van der Waals surface area (Å²) in [4.78, 5) is 8.65. The average Bonchev–Trinajstić information content (AvgIpc) is 2.76. The summed E-state index contributed by atoms with van der Waals surface area (Å²) in [5.41, 5.74) is 0.916. The highest BCUT2D eigenvalue weighted by atomic mass is 35.5. The molecule has 164 valence electrons. The number of anilines is 4. The molecule has 11 heteroatoms. The van der Waals surface area contributed by atoms with Crippen molar-refractivity contribution in [3.8, 4) is 11.5 Å². The topological polar surface area (TPSA) is 114 Å². The number of hydrogen-bond donors (Lipinski definition) is 3. The number of halogens is 1. The van der Waals surface area contributed by atoms with Crippen molar-refractivity contribution >= 4 is 44.8 Å². The molecule has 9 nitrogen and oxygen atoms in total. The molecule has 0 bridgehead atoms. The number of methoxy groups -OCH3 is 2. The van der Waals surface area contributed by atoms with Gasteiger partial charge in [-0.2, -0.15) is 4.98 Å². The van der Waals surface area contributed by atoms with Gasteiger partial charge in [-0.05, 0) is 24.3 Å². The van der Waals surface area contributed by atoms with E-state index >= 15 is 0 Å². The van der Waals surface area contributed by atoms with Crippen molar-refractivity contribution in [2.24, 2.45) is 0 Å². The first kappa shape index (κ1) is 22.6. The summed E-state index contributed by atoms with van der Waals surface area (Å²) in [6.07, 6.45) is 1.41. The maximum Gasteiger partial charge on any atom is 0.242 e. The van der Waals surface area contributed by atoms with Gasteiger partial charge in [0.2, 0.25) is 16.0 Å². The number of rotatable bonds is 9. The Hall–Kier alpha value is -3.08. The summed E-state index contributed by atoms with van der Waals surface area (Å²) < 4.78 is 38.1. The van der Waals surface area contributed by atoms with Gasteiger partial charge in [-0.15, -0.1) is 0 Å². The monoisotopic (exact) mass is 463 g/mol. The third-order valence-electron chi connectivity index (χ3n) is 4.16. The number of nitrogens with one attached hydrogen (secondary N) is 3. The van der Waals surface area contributed by atoms with E-state index in [-0.39, 0.29) is 28.2 Å². The van der Waals surface area contributed by atoms with Crippen molar-refractivity contribution in [1.29, 1.82) is 0 Å². The van der Waals surface area contributed by atoms with Crippen LogP contribution < -0.4 is 24.8 Å². The van der Waals surface area contributed by atoms with Gasteiger partial charge in [-0.3, -0.25) is 0 Å². The average molecular weight is 464 g/mol. The number of nitrogens with zero attached hydrogens (tertiary/aromatic N) is 2. The fourth-order valence-corrected chi connectivity index (χ4v) is 4.09. The van der Waals surface area contributed by atoms with E-state index in [1.54, 1.807) is 57.5 Å². The summed E-state index contributed by atoms with van der Waals surface area (Å²) in [6, 6.07) is 11.7. The van der Waals surface area contributed by atoms with Crippen LogP contribution >= 0.6 is 11.6 Å². The fourth-order valence-electron chi connectivity index (χ4n) is 2.75. The van der Waals surface area contributed by atoms with Gasteiger partial charge in [0.25, 0.3) is 0 Å². The molecule has 1 heterocycles. The second kappa shape index (κ2) is 9.82. The Morgan fingerprint density at radius 1 is 1.03 bits per heavy atom. The Bertz CT molecular complexity index is 1170. The lowest BCUT2D eigenvalue weighted by atomic mass is 10.2. The highest BCUT2D eigenvalue weighted by Crippen LogP contribution is 2.32. The smallest absolute Gasteiger partial charge is 0.242 e. The first-order valence-electron chi connectivity index (χ1n) is 9.25. The molecule has 0 aliphatic carbocycles. The Morgan fingerprint density at radius 3 is 2.52 bits per heavy atom. The van der Waals surface area contributed by atoms with Crippen molar-refractivity contribution in [3.63, 3.8) is 0 Å². The van der Waals surface area contributed by atoms with Crippen molar-refractivity contribution in [2.75, 3.05) is 31.4 Å². The van der Waals surface area contributed by atoms with Gasteiger partial charge in [0.05, 0.1) is 31.8 Å². The highest BCUT2D eigenvalue weighted by Gasteiger charge is 2.18. The largest absolute Gasteiger partial charge is 0.497 e. The molecule has 3 N–H and O–H groups in total. The van der Waals surface area contributed by atoms with E-state index in [0.717, 1.165) is 0 Å². The van der Waals surface area contributed by atoms with Crippen molar-refractivity contribution in [2.45, 2.75) is 11.8 Å². The second-order valence-corrected chi connectivity index (χ2v) is 8.35. The third-order valence-corrected chi connectivity index (χ3v) is 6.04. The molecule has 1 aromatic heterocycles. The number of para-hydroxylation sites is 1. The van der Waals surface area contributed by atoms with Crippen LogP contribution in [0, 0.1) is 0 Å². The zero-order valence-electron chi connectivity index (χ0n) is 17.1. The van der Waals surface area contributed by atoms with Gasteiger partial charge in [0.15, 0.2) is 5.82 Å². The van der Waals surface area contributed by atoms with Crippen molar-refractivity contribution in [1.82, 2.24) is 14.7 Å². The van der Waals surface area contributed by atoms with Gasteiger partial charge in [-0.25, -0.2) is 18.1 Å². The maximum absolute atomic E-state index is 12.5. The van der Waals surface area contributed by atoms with Crippen LogP contribution in [-0.2, 0) is 10.0 Å². The van der Waals surface area contributed by atoms with Crippen LogP contribution in [0.3, 0.4) is 0 Å². The van der Waals surface area contributed by atoms with Crippen LogP contribution in [0.4, 0.5) is 23.1 Å². The zero-order chi connectivity index (χ0) is 22.4. The molecule has 3 rings (SSSR count). The Morgan fingerprint density at radius 2 is 1.81 bits per heavy atom. The SMILES string of the molecule is CCNS(=O)(=O)c1ccccc1Nc1nc(Nc2cc(OC)ccc2OC)ncc1Cl. The minimum atomic E-state index is -3.69. The number of aromatic nitrogens is 2. The minimum absolute atomic E-state index is 0.0792. The van der Waals surface area contributed by atoms with Crippen LogP contribution in [0.2, 0.25) is 5.02 Å². The van der Waals surface area contributed by atoms with Gasteiger partial charge in [0, 0.05) is 12.6 Å². The molecule has 0 radical (unpaired) electrons. The summed E-state index contributed by atoms with van der Waals surface area (Å²) in [5, 5.41) is 6.27. The lowest BCUT2D eigenvalue weighted by Gasteiger charge is -2.15. The molecule has 0 atom stereocenters. The molecular formula is C20H22ClN5O4S. The molecule has 31 heavy (non-hydrogen) atoms. The van der Waals surface area contributed by atoms with E-state index in [1.807, 2.05) is 0 Å². The van der Waals surface area contributed by atoms with E-state index in [2.05, 4.69) is 25.3 Å². The molecule has 0 aliphatic heterocycles. The van der Waals surface area contributed by atoms with Gasteiger partial charge in [-0.1, -0.05) is 30.7 Å². The molecule has 0 unspecified atom stereocenters. The van der Waals surface area contributed by atoms with E-state index in [4.69, 9.17) is 21.1 Å². The maximum atomic E-state index is 12.5. The molecule has 0 spiro atoms. The number of hydrogen-bond acceptors (Lipinski definition) is 8. The van der Waals surface area contributed by atoms with E-state index < -0.39 is 10.0 Å². The fraction of sp³-hybridized carbons (Fsp3) is 0.200. The lowest BCUT2D eigenvalue weighted by molar-refractivity contribution is 0.405. The Labute approximate surface area is 185 Å². The van der Waals surface area contributed by atoms with Crippen molar-refractivity contribution in [3.05, 3.63) is 53.7 Å². The third kappa shape index (κ3) is 5.35. The molecule has 0 aliphatic rings. The normalized spacial score (nSPS) is 11.1. The van der Waals surface area contributed by atoms with Crippen LogP contribution in [0.5, 0.6) is 11.5 Å². The zero-order valence-corrected chi connectivity index (χ0v) is 18.7. The van der Waals surface area contributed by atoms with E-state index in [9.17, 15) is 8.42 Å². The predicted molar refractivity (Wildman–Crippen MR) is 120 cm³/mol. The molecule has 0 saturated heterocycles. The second-order valence-electron chi connectivity index (χ2n) is 6.20. The summed E-state index contributed by atoms with van der Waals surface area (Å²) in [6.45, 7) is 1.97. The lowest BCUT2D eigenvalue weighted by Crippen LogP contribution is -2.24. The van der Waals surface area contributed by atoms with Gasteiger partial charge < -0.3 is 20.1 Å². The van der Waals surface area contributed by atoms with Crippen LogP contribution in [0.15, 0.2) is 53.6 Å². The molecule has 0 fully saturated rings. The van der Waals surface area contributed by atoms with Crippen LogP contribution in [0.25, 0.3) is 0 Å². The Balaban J connectivity index is 1.94. The standard InChI is InChI=1S/C20H22ClN5O4S/c1-4-23-31(27,28)18-8-6-5-7-15(18)24-19-14(21)12-22-20(26-19)25-16-11-13(29-2)9-10-17(16)30-3/h5-12,23H,4H2,1-3H3,(H2,22,24,25,26). The van der Waals surface area contributed by atoms with Gasteiger partial charge in [0.1, 0.15) is 21.4 Å². The first-order chi connectivity index (χ1) is 14.9. The quantitative estimate of drug-likeness (QED) is 0.437. The minimum Gasteiger partial charge on any atom is -0.497 e. The van der Waals surface area contributed by atoms with Crippen LogP contribution in [-0.4, -0.2) is 39.2 Å². The van der Waals surface area contributed by atoms with Gasteiger partial charge >= 0.3 is 0 Å². The van der Waals surface area contributed by atoms with Crippen LogP contribution in [0.1, 0.15) is 6.92 Å². The molecule has 0 saturated carbocycles. The molecular weight excluding hydrogens is 442 g/mol. The summed E-state index contributed by atoms with van der Waals surface area (Å²) >= 11 is 6.26. The molecule has 3 aromatic rings. The number of ether oxygens (including phenoxy) is 2.